The summed E-state index contributed by atoms with van der Waals surface area (Å²) in [4.78, 5) is 45.5. The molecule has 0 unspecified atom stereocenters. The third-order valence-electron chi connectivity index (χ3n) is 7.64. The number of aliphatic hydroxyl groups excluding tert-OH is 1. The number of hydrogen-bond donors (Lipinski definition) is 4. The summed E-state index contributed by atoms with van der Waals surface area (Å²) in [6.07, 6.45) is -0.970. The Balaban J connectivity index is 1.40. The molecule has 0 saturated carbocycles. The standard InChI is InChI=1S/C31H36N4O10/c1-7-12-35-13-19(32-14-35)27(38)34-21-22(36)17-9-11-20(16(3)24(17)43-29(21)40)42-30-23(37)25(26(41-6)31(4,5)45-30)44-28(39)18-10-8-15(2)33-18/h8-11,13-14,23,25-26,30,33,36-37H,7,12H2,1-6H3,(H,34,38)/t23-,25+,26-,30-/m1/s1. The zero-order valence-electron chi connectivity index (χ0n) is 25.7. The second kappa shape index (κ2) is 12.4. The molecule has 4 N–H and O–H groups in total. The van der Waals surface area contributed by atoms with Gasteiger partial charge in [0.1, 0.15) is 28.8 Å². The van der Waals surface area contributed by atoms with E-state index in [1.165, 1.54) is 31.8 Å². The quantitative estimate of drug-likeness (QED) is 0.158. The monoisotopic (exact) mass is 624 g/mol. The van der Waals surface area contributed by atoms with Crippen LogP contribution < -0.4 is 15.7 Å². The molecule has 1 saturated heterocycles. The highest BCUT2D eigenvalue weighted by Gasteiger charge is 2.53. The summed E-state index contributed by atoms with van der Waals surface area (Å²) < 4.78 is 30.6. The number of ether oxygens (including phenoxy) is 4. The van der Waals surface area contributed by atoms with Gasteiger partial charge in [0, 0.05) is 31.1 Å². The van der Waals surface area contributed by atoms with Crippen molar-refractivity contribution in [2.45, 2.75) is 77.8 Å². The summed E-state index contributed by atoms with van der Waals surface area (Å²) in [5.74, 6) is -1.72. The van der Waals surface area contributed by atoms with Crippen molar-refractivity contribution < 1.29 is 43.2 Å². The van der Waals surface area contributed by atoms with Crippen LogP contribution in [0.4, 0.5) is 5.69 Å². The topological polar surface area (TPSA) is 187 Å². The molecule has 1 amide bonds. The lowest BCUT2D eigenvalue weighted by Gasteiger charge is -2.47. The third kappa shape index (κ3) is 6.16. The minimum absolute atomic E-state index is 0.00959. The number of aromatic hydroxyl groups is 1. The molecule has 4 heterocycles. The largest absolute Gasteiger partial charge is 0.505 e. The number of nitrogens with one attached hydrogen (secondary N) is 2. The van der Waals surface area contributed by atoms with Crippen LogP contribution in [0.15, 0.2) is 46.0 Å². The molecule has 14 nitrogen and oxygen atoms in total. The molecule has 0 spiro atoms. The molecule has 1 aromatic carbocycles. The van der Waals surface area contributed by atoms with Gasteiger partial charge in [0.15, 0.2) is 23.6 Å². The smallest absolute Gasteiger partial charge is 0.364 e. The zero-order valence-corrected chi connectivity index (χ0v) is 25.7. The molecular weight excluding hydrogens is 588 g/mol. The van der Waals surface area contributed by atoms with Gasteiger partial charge in [0.05, 0.1) is 17.3 Å². The molecule has 1 aliphatic heterocycles. The number of carbonyl (C=O) groups excluding carboxylic acids is 2. The normalized spacial score (nSPS) is 21.0. The first-order chi connectivity index (χ1) is 21.3. The number of rotatable bonds is 9. The van der Waals surface area contributed by atoms with E-state index in [0.29, 0.717) is 12.1 Å². The fraction of sp³-hybridized carbons (Fsp3) is 0.419. The zero-order chi connectivity index (χ0) is 32.6. The number of fused-ring (bicyclic) bond motifs is 1. The first kappa shape index (κ1) is 31.8. The van der Waals surface area contributed by atoms with Gasteiger partial charge in [0.2, 0.25) is 6.29 Å². The first-order valence-corrected chi connectivity index (χ1v) is 14.4. The van der Waals surface area contributed by atoms with E-state index in [2.05, 4.69) is 15.3 Å². The van der Waals surface area contributed by atoms with Crippen LogP contribution >= 0.6 is 0 Å². The van der Waals surface area contributed by atoms with Crippen LogP contribution in [0.5, 0.6) is 11.5 Å². The van der Waals surface area contributed by atoms with Gasteiger partial charge in [0.25, 0.3) is 5.91 Å². The molecule has 5 rings (SSSR count). The number of benzene rings is 1. The number of hydrogen-bond acceptors (Lipinski definition) is 11. The fourth-order valence-corrected chi connectivity index (χ4v) is 5.38. The van der Waals surface area contributed by atoms with Gasteiger partial charge in [-0.2, -0.15) is 0 Å². The number of aryl methyl sites for hydroxylation is 3. The second-order valence-corrected chi connectivity index (χ2v) is 11.4. The molecule has 14 heteroatoms. The number of methoxy groups -OCH3 is 1. The molecule has 4 atom stereocenters. The number of carbonyl (C=O) groups is 2. The number of aliphatic hydroxyl groups is 1. The fourth-order valence-electron chi connectivity index (χ4n) is 5.38. The van der Waals surface area contributed by atoms with Gasteiger partial charge in [-0.25, -0.2) is 14.6 Å². The Labute approximate surface area is 257 Å². The number of esters is 1. The molecule has 240 valence electrons. The highest BCUT2D eigenvalue weighted by atomic mass is 16.7. The van der Waals surface area contributed by atoms with Crippen LogP contribution in [0.1, 0.15) is 59.4 Å². The average Bonchev–Trinajstić information content (AvgIpc) is 3.64. The Bertz CT molecular complexity index is 1790. The number of H-pyrrole nitrogens is 1. The van der Waals surface area contributed by atoms with Crippen molar-refractivity contribution >= 4 is 28.5 Å². The van der Waals surface area contributed by atoms with Gasteiger partial charge in [-0.15, -0.1) is 0 Å². The first-order valence-electron chi connectivity index (χ1n) is 14.4. The summed E-state index contributed by atoms with van der Waals surface area (Å²) in [5, 5.41) is 24.8. The molecule has 0 radical (unpaired) electrons. The minimum Gasteiger partial charge on any atom is -0.505 e. The number of imidazole rings is 1. The van der Waals surface area contributed by atoms with E-state index in [1.54, 1.807) is 44.4 Å². The second-order valence-electron chi connectivity index (χ2n) is 11.4. The molecule has 45 heavy (non-hydrogen) atoms. The Morgan fingerprint density at radius 1 is 1.20 bits per heavy atom. The molecule has 1 fully saturated rings. The van der Waals surface area contributed by atoms with Crippen molar-refractivity contribution in [1.29, 1.82) is 0 Å². The summed E-state index contributed by atoms with van der Waals surface area (Å²) in [6, 6.07) is 6.22. The summed E-state index contributed by atoms with van der Waals surface area (Å²) in [5.41, 5.74) is -1.19. The Hall–Kier alpha value is -4.66. The molecule has 0 bridgehead atoms. The maximum absolute atomic E-state index is 12.9. The van der Waals surface area contributed by atoms with Crippen molar-refractivity contribution in [3.05, 3.63) is 69.9 Å². The number of aromatic amines is 1. The summed E-state index contributed by atoms with van der Waals surface area (Å²) in [6.45, 7) is 9.44. The van der Waals surface area contributed by atoms with Gasteiger partial charge >= 0.3 is 11.6 Å². The van der Waals surface area contributed by atoms with Crippen molar-refractivity contribution in [2.24, 2.45) is 0 Å². The lowest BCUT2D eigenvalue weighted by molar-refractivity contribution is -0.305. The molecule has 3 aromatic heterocycles. The number of nitrogens with zero attached hydrogens (tertiary/aromatic N) is 2. The van der Waals surface area contributed by atoms with Gasteiger partial charge < -0.3 is 48.4 Å². The highest BCUT2D eigenvalue weighted by molar-refractivity contribution is 6.05. The van der Waals surface area contributed by atoms with Crippen LogP contribution in [0, 0.1) is 13.8 Å². The predicted molar refractivity (Wildman–Crippen MR) is 160 cm³/mol. The Kier molecular flexibility index (Phi) is 8.74. The lowest BCUT2D eigenvalue weighted by atomic mass is 9.89. The van der Waals surface area contributed by atoms with E-state index < -0.39 is 59.1 Å². The van der Waals surface area contributed by atoms with E-state index >= 15 is 0 Å². The summed E-state index contributed by atoms with van der Waals surface area (Å²) >= 11 is 0. The van der Waals surface area contributed by atoms with Gasteiger partial charge in [-0.3, -0.25) is 4.79 Å². The van der Waals surface area contributed by atoms with Crippen molar-refractivity contribution in [3.8, 4) is 11.5 Å². The molecule has 1 aliphatic rings. The number of anilines is 1. The predicted octanol–water partition coefficient (Wildman–Crippen LogP) is 3.42. The average molecular weight is 625 g/mol. The van der Waals surface area contributed by atoms with Crippen molar-refractivity contribution in [2.75, 3.05) is 12.4 Å². The van der Waals surface area contributed by atoms with Crippen LogP contribution in [0.2, 0.25) is 0 Å². The Morgan fingerprint density at radius 3 is 2.62 bits per heavy atom. The molecule has 4 aromatic rings. The van der Waals surface area contributed by atoms with E-state index in [1.807, 2.05) is 6.92 Å². The molecular formula is C31H36N4O10. The maximum atomic E-state index is 12.9. The van der Waals surface area contributed by atoms with Crippen LogP contribution in [0.25, 0.3) is 11.0 Å². The highest BCUT2D eigenvalue weighted by Crippen LogP contribution is 2.38. The van der Waals surface area contributed by atoms with Crippen LogP contribution in [-0.2, 0) is 20.8 Å². The molecule has 0 aliphatic carbocycles. The summed E-state index contributed by atoms with van der Waals surface area (Å²) in [7, 11) is 1.42. The number of aromatic nitrogens is 3. The minimum atomic E-state index is -1.49. The van der Waals surface area contributed by atoms with Gasteiger partial charge in [-0.1, -0.05) is 6.92 Å². The van der Waals surface area contributed by atoms with Crippen molar-refractivity contribution in [1.82, 2.24) is 14.5 Å². The van der Waals surface area contributed by atoms with E-state index in [4.69, 9.17) is 23.4 Å². The van der Waals surface area contributed by atoms with Crippen LogP contribution in [0.3, 0.4) is 0 Å². The van der Waals surface area contributed by atoms with Crippen LogP contribution in [-0.4, -0.2) is 73.9 Å². The van der Waals surface area contributed by atoms with E-state index in [-0.39, 0.29) is 28.1 Å². The van der Waals surface area contributed by atoms with Gasteiger partial charge in [-0.05, 0) is 58.4 Å². The van der Waals surface area contributed by atoms with E-state index in [9.17, 15) is 24.6 Å². The van der Waals surface area contributed by atoms with Crippen molar-refractivity contribution in [3.63, 3.8) is 0 Å². The third-order valence-corrected chi connectivity index (χ3v) is 7.64. The Morgan fingerprint density at radius 2 is 1.96 bits per heavy atom. The maximum Gasteiger partial charge on any atom is 0.364 e. The lowest BCUT2D eigenvalue weighted by Crippen LogP contribution is -2.65. The van der Waals surface area contributed by atoms with E-state index in [0.717, 1.165) is 12.1 Å². The number of amides is 1. The SMILES string of the molecule is CCCn1cnc(C(=O)Nc2c(O)c3ccc(O[C@@H]4OC(C)(C)[C@H](OC)[C@@H](OC(=O)c5ccc(C)[nH]5)[C@H]4O)c(C)c3oc2=O)c1.